The lowest BCUT2D eigenvalue weighted by Gasteiger charge is -2.27. The predicted molar refractivity (Wildman–Crippen MR) is 111 cm³/mol. The number of nitrogens with zero attached hydrogens (tertiary/aromatic N) is 2. The third-order valence-electron chi connectivity index (χ3n) is 5.06. The molecule has 0 saturated carbocycles. The molecule has 0 unspecified atom stereocenters. The summed E-state index contributed by atoms with van der Waals surface area (Å²) in [4.78, 5) is 25.1. The first kappa shape index (κ1) is 18.1. The molecule has 2 aromatic heterocycles. The Kier molecular flexibility index (Phi) is 5.23. The van der Waals surface area contributed by atoms with Gasteiger partial charge in [0.1, 0.15) is 5.82 Å². The number of aromatic nitrogens is 2. The molecule has 0 bridgehead atoms. The van der Waals surface area contributed by atoms with Gasteiger partial charge in [-0.15, -0.1) is 11.3 Å². The Bertz CT molecular complexity index is 988. The van der Waals surface area contributed by atoms with Crippen molar-refractivity contribution in [3.63, 3.8) is 0 Å². The second-order valence-corrected chi connectivity index (χ2v) is 8.45. The standard InChI is InChI=1S/C22H25N3OS/c1-3-4-21-23-19-11-12-25(14-18(19)22(26)24-21)13-17-9-10-20(27-17)16-7-5-15(2)6-8-16/h5-10H,3-4,11-14H2,1-2H3,(H,23,24,26). The summed E-state index contributed by atoms with van der Waals surface area (Å²) in [6.07, 6.45) is 2.69. The van der Waals surface area contributed by atoms with Crippen LogP contribution in [0.5, 0.6) is 0 Å². The van der Waals surface area contributed by atoms with Gasteiger partial charge in [0, 0.05) is 42.2 Å². The lowest BCUT2D eigenvalue weighted by atomic mass is 10.1. The highest BCUT2D eigenvalue weighted by Crippen LogP contribution is 2.29. The summed E-state index contributed by atoms with van der Waals surface area (Å²) < 4.78 is 0. The molecule has 27 heavy (non-hydrogen) atoms. The van der Waals surface area contributed by atoms with Crippen LogP contribution >= 0.6 is 11.3 Å². The molecule has 1 aromatic carbocycles. The van der Waals surface area contributed by atoms with Gasteiger partial charge in [-0.1, -0.05) is 36.8 Å². The van der Waals surface area contributed by atoms with Crippen molar-refractivity contribution in [1.82, 2.24) is 14.9 Å². The molecule has 0 fully saturated rings. The molecule has 0 atom stereocenters. The van der Waals surface area contributed by atoms with E-state index in [1.54, 1.807) is 0 Å². The van der Waals surface area contributed by atoms with E-state index in [0.29, 0.717) is 6.54 Å². The quantitative estimate of drug-likeness (QED) is 0.718. The van der Waals surface area contributed by atoms with E-state index in [9.17, 15) is 4.79 Å². The lowest BCUT2D eigenvalue weighted by molar-refractivity contribution is 0.243. The monoisotopic (exact) mass is 379 g/mol. The van der Waals surface area contributed by atoms with Gasteiger partial charge in [-0.3, -0.25) is 9.69 Å². The number of H-pyrrole nitrogens is 1. The van der Waals surface area contributed by atoms with E-state index in [0.717, 1.165) is 49.4 Å². The smallest absolute Gasteiger partial charge is 0.255 e. The van der Waals surface area contributed by atoms with E-state index in [1.165, 1.54) is 20.9 Å². The van der Waals surface area contributed by atoms with Gasteiger partial charge in [-0.05, 0) is 31.0 Å². The highest BCUT2D eigenvalue weighted by atomic mass is 32.1. The fourth-order valence-corrected chi connectivity index (χ4v) is 4.63. The zero-order valence-corrected chi connectivity index (χ0v) is 16.7. The molecule has 0 aliphatic carbocycles. The number of aryl methyl sites for hydroxylation is 2. The van der Waals surface area contributed by atoms with Crippen LogP contribution in [0.2, 0.25) is 0 Å². The van der Waals surface area contributed by atoms with Crippen molar-refractivity contribution in [2.24, 2.45) is 0 Å². The number of hydrogen-bond donors (Lipinski definition) is 1. The molecule has 5 heteroatoms. The maximum Gasteiger partial charge on any atom is 0.255 e. The van der Waals surface area contributed by atoms with Crippen LogP contribution in [-0.2, 0) is 25.9 Å². The molecule has 3 aromatic rings. The van der Waals surface area contributed by atoms with Crippen LogP contribution in [0, 0.1) is 6.92 Å². The van der Waals surface area contributed by atoms with Crippen LogP contribution in [0.15, 0.2) is 41.2 Å². The summed E-state index contributed by atoms with van der Waals surface area (Å²) in [5.41, 5.74) is 4.43. The van der Waals surface area contributed by atoms with E-state index in [2.05, 4.69) is 65.1 Å². The van der Waals surface area contributed by atoms with E-state index in [4.69, 9.17) is 0 Å². The SMILES string of the molecule is CCCc1nc2c(c(=O)[nH]1)CN(Cc1ccc(-c3ccc(C)cc3)s1)CC2. The summed E-state index contributed by atoms with van der Waals surface area (Å²) in [7, 11) is 0. The Labute approximate surface area is 163 Å². The van der Waals surface area contributed by atoms with Gasteiger partial charge in [-0.2, -0.15) is 0 Å². The highest BCUT2D eigenvalue weighted by Gasteiger charge is 2.21. The number of fused-ring (bicyclic) bond motifs is 1. The molecule has 0 amide bonds. The van der Waals surface area contributed by atoms with E-state index >= 15 is 0 Å². The Morgan fingerprint density at radius 1 is 1.19 bits per heavy atom. The topological polar surface area (TPSA) is 49.0 Å². The van der Waals surface area contributed by atoms with Crippen molar-refractivity contribution < 1.29 is 0 Å². The van der Waals surface area contributed by atoms with Crippen LogP contribution in [0.25, 0.3) is 10.4 Å². The average Bonchev–Trinajstić information content (AvgIpc) is 3.12. The van der Waals surface area contributed by atoms with Crippen LogP contribution < -0.4 is 5.56 Å². The zero-order chi connectivity index (χ0) is 18.8. The van der Waals surface area contributed by atoms with Crippen LogP contribution in [0.4, 0.5) is 0 Å². The summed E-state index contributed by atoms with van der Waals surface area (Å²) in [6.45, 7) is 6.73. The molecule has 1 aliphatic heterocycles. The third-order valence-corrected chi connectivity index (χ3v) is 6.18. The molecule has 3 heterocycles. The second-order valence-electron chi connectivity index (χ2n) is 7.28. The fraction of sp³-hybridized carbons (Fsp3) is 0.364. The van der Waals surface area contributed by atoms with Crippen molar-refractivity contribution in [2.45, 2.75) is 46.2 Å². The summed E-state index contributed by atoms with van der Waals surface area (Å²) >= 11 is 1.84. The molecule has 4 rings (SSSR count). The summed E-state index contributed by atoms with van der Waals surface area (Å²) in [5.74, 6) is 0.829. The highest BCUT2D eigenvalue weighted by molar-refractivity contribution is 7.15. The number of benzene rings is 1. The second kappa shape index (κ2) is 7.79. The van der Waals surface area contributed by atoms with E-state index in [1.807, 2.05) is 11.3 Å². The summed E-state index contributed by atoms with van der Waals surface area (Å²) in [5, 5.41) is 0. The van der Waals surface area contributed by atoms with Gasteiger partial charge in [0.05, 0.1) is 11.3 Å². The number of nitrogens with one attached hydrogen (secondary N) is 1. The number of thiophene rings is 1. The molecule has 4 nitrogen and oxygen atoms in total. The maximum absolute atomic E-state index is 12.5. The molecule has 0 spiro atoms. The Hall–Kier alpha value is -2.24. The minimum atomic E-state index is 0.0414. The zero-order valence-electron chi connectivity index (χ0n) is 15.9. The first-order chi connectivity index (χ1) is 13.1. The number of hydrogen-bond acceptors (Lipinski definition) is 4. The fourth-order valence-electron chi connectivity index (χ4n) is 3.58. The van der Waals surface area contributed by atoms with Crippen molar-refractivity contribution in [3.8, 4) is 10.4 Å². The Morgan fingerprint density at radius 3 is 2.78 bits per heavy atom. The van der Waals surface area contributed by atoms with Crippen molar-refractivity contribution in [2.75, 3.05) is 6.54 Å². The van der Waals surface area contributed by atoms with Crippen molar-refractivity contribution in [3.05, 3.63) is 74.3 Å². The van der Waals surface area contributed by atoms with E-state index in [-0.39, 0.29) is 5.56 Å². The summed E-state index contributed by atoms with van der Waals surface area (Å²) in [6, 6.07) is 13.1. The largest absolute Gasteiger partial charge is 0.310 e. The Balaban J connectivity index is 1.47. The molecule has 1 aliphatic rings. The van der Waals surface area contributed by atoms with Gasteiger partial charge >= 0.3 is 0 Å². The van der Waals surface area contributed by atoms with Crippen LogP contribution in [-0.4, -0.2) is 21.4 Å². The van der Waals surface area contributed by atoms with Gasteiger partial charge in [-0.25, -0.2) is 4.98 Å². The first-order valence-corrected chi connectivity index (χ1v) is 10.4. The normalized spacial score (nSPS) is 14.3. The molecule has 140 valence electrons. The minimum Gasteiger partial charge on any atom is -0.310 e. The predicted octanol–water partition coefficient (Wildman–Crippen LogP) is 4.32. The van der Waals surface area contributed by atoms with E-state index < -0.39 is 0 Å². The Morgan fingerprint density at radius 2 is 2.00 bits per heavy atom. The molecule has 1 N–H and O–H groups in total. The van der Waals surface area contributed by atoms with Gasteiger partial charge in [0.2, 0.25) is 0 Å². The lowest BCUT2D eigenvalue weighted by Crippen LogP contribution is -2.35. The van der Waals surface area contributed by atoms with Crippen molar-refractivity contribution in [1.29, 1.82) is 0 Å². The van der Waals surface area contributed by atoms with Crippen molar-refractivity contribution >= 4 is 11.3 Å². The molecular formula is C22H25N3OS. The minimum absolute atomic E-state index is 0.0414. The average molecular weight is 380 g/mol. The van der Waals surface area contributed by atoms with Gasteiger partial charge < -0.3 is 4.98 Å². The molecule has 0 saturated heterocycles. The van der Waals surface area contributed by atoms with Gasteiger partial charge in [0.15, 0.2) is 0 Å². The van der Waals surface area contributed by atoms with Crippen LogP contribution in [0.3, 0.4) is 0 Å². The van der Waals surface area contributed by atoms with Crippen LogP contribution in [0.1, 0.15) is 40.9 Å². The number of aromatic amines is 1. The first-order valence-electron chi connectivity index (χ1n) is 9.61. The third kappa shape index (κ3) is 4.04. The number of rotatable bonds is 5. The molecular weight excluding hydrogens is 354 g/mol. The maximum atomic E-state index is 12.5. The van der Waals surface area contributed by atoms with Gasteiger partial charge in [0.25, 0.3) is 5.56 Å². The molecule has 0 radical (unpaired) electrons.